The van der Waals surface area contributed by atoms with Gasteiger partial charge in [0.1, 0.15) is 0 Å². The molecule has 0 aliphatic heterocycles. The molecule has 0 aromatic rings. The first-order valence-electron chi connectivity index (χ1n) is 3.87. The van der Waals surface area contributed by atoms with Crippen LogP contribution in [0.3, 0.4) is 0 Å². The molecule has 0 aliphatic carbocycles. The van der Waals surface area contributed by atoms with Crippen molar-refractivity contribution < 1.29 is 31.4 Å². The number of aliphatic hydroxyl groups is 1. The highest BCUT2D eigenvalue weighted by Gasteiger charge is 2.16. The summed E-state index contributed by atoms with van der Waals surface area (Å²) in [5, 5.41) is 9.00. The summed E-state index contributed by atoms with van der Waals surface area (Å²) in [6, 6.07) is 0. The van der Waals surface area contributed by atoms with Crippen LogP contribution in [-0.2, 0) is 28.3 Å². The number of hydrogen-bond donors (Lipinski definition) is 2. The van der Waals surface area contributed by atoms with Crippen molar-refractivity contribution in [3.05, 3.63) is 12.7 Å². The Kier molecular flexibility index (Phi) is 8.90. The van der Waals surface area contributed by atoms with E-state index < -0.39 is 22.7 Å². The van der Waals surface area contributed by atoms with E-state index in [-0.39, 0.29) is 19.2 Å². The molecular formula is C7H15NO7S. The van der Waals surface area contributed by atoms with E-state index in [0.29, 0.717) is 0 Å². The molecule has 0 spiro atoms. The Morgan fingerprint density at radius 3 is 2.56 bits per heavy atom. The fraction of sp³-hybridized carbons (Fsp3) is 0.571. The minimum atomic E-state index is -4.19. The van der Waals surface area contributed by atoms with E-state index in [1.807, 2.05) is 0 Å². The van der Waals surface area contributed by atoms with Crippen molar-refractivity contribution in [3.63, 3.8) is 0 Å². The van der Waals surface area contributed by atoms with Gasteiger partial charge >= 0.3 is 16.4 Å². The third kappa shape index (κ3) is 8.32. The molecule has 8 nitrogen and oxygen atoms in total. The summed E-state index contributed by atoms with van der Waals surface area (Å²) in [5.74, 6) is -0.670. The number of hydrogen-bond acceptors (Lipinski definition) is 8. The molecule has 4 N–H and O–H groups in total. The molecule has 16 heavy (non-hydrogen) atoms. The van der Waals surface area contributed by atoms with Crippen molar-refractivity contribution in [2.24, 2.45) is 0 Å². The van der Waals surface area contributed by atoms with Gasteiger partial charge in [-0.05, 0) is 0 Å². The zero-order valence-electron chi connectivity index (χ0n) is 8.79. The topological polar surface area (TPSA) is 134 Å². The normalized spacial score (nSPS) is 12.4. The van der Waals surface area contributed by atoms with Crippen LogP contribution in [0.2, 0.25) is 0 Å². The van der Waals surface area contributed by atoms with Crippen LogP contribution < -0.4 is 6.15 Å². The van der Waals surface area contributed by atoms with Crippen molar-refractivity contribution in [3.8, 4) is 0 Å². The van der Waals surface area contributed by atoms with Crippen LogP contribution >= 0.6 is 0 Å². The molecule has 0 amide bonds. The highest BCUT2D eigenvalue weighted by molar-refractivity contribution is 7.81. The van der Waals surface area contributed by atoms with Gasteiger partial charge in [-0.2, -0.15) is 8.42 Å². The Balaban J connectivity index is 0. The molecule has 96 valence electrons. The van der Waals surface area contributed by atoms with Gasteiger partial charge < -0.3 is 16.0 Å². The Bertz CT molecular complexity index is 313. The van der Waals surface area contributed by atoms with Gasteiger partial charge in [-0.15, -0.1) is 0 Å². The maximum atomic E-state index is 10.6. The van der Waals surface area contributed by atoms with E-state index in [2.05, 4.69) is 19.7 Å². The first-order valence-corrected chi connectivity index (χ1v) is 5.20. The second-order valence-electron chi connectivity index (χ2n) is 2.29. The van der Waals surface area contributed by atoms with Gasteiger partial charge in [-0.1, -0.05) is 6.58 Å². The van der Waals surface area contributed by atoms with E-state index in [0.717, 1.165) is 13.2 Å². The number of carbonyl (C=O) groups excluding carboxylic acids is 1. The second kappa shape index (κ2) is 8.19. The molecule has 0 rings (SSSR count). The summed E-state index contributed by atoms with van der Waals surface area (Å²) < 4.78 is 33.8. The minimum Gasteiger partial charge on any atom is -0.462 e. The van der Waals surface area contributed by atoms with Gasteiger partial charge in [0.2, 0.25) is 0 Å². The van der Waals surface area contributed by atoms with Gasteiger partial charge in [-0.3, -0.25) is 4.18 Å². The molecule has 9 heteroatoms. The fourth-order valence-corrected chi connectivity index (χ4v) is 0.990. The first-order chi connectivity index (χ1) is 6.91. The van der Waals surface area contributed by atoms with Gasteiger partial charge in [0.05, 0.1) is 13.7 Å². The smallest absolute Gasteiger partial charge is 0.402 e. The standard InChI is InChI=1S/C7H12O7S.H3N/c1-3-6(8)13-5-4-7(9)14-15(10,11)12-2;/h3,7,9H,1,4-5H2,2H3;1H3. The van der Waals surface area contributed by atoms with Crippen LogP contribution in [0.15, 0.2) is 12.7 Å². The van der Waals surface area contributed by atoms with Crippen molar-refractivity contribution >= 4 is 16.4 Å². The minimum absolute atomic E-state index is 0. The van der Waals surface area contributed by atoms with Crippen molar-refractivity contribution in [2.75, 3.05) is 13.7 Å². The molecule has 0 aromatic heterocycles. The number of ether oxygens (including phenoxy) is 1. The predicted molar refractivity (Wildman–Crippen MR) is 53.8 cm³/mol. The van der Waals surface area contributed by atoms with Gasteiger partial charge in [0, 0.05) is 12.5 Å². The molecule has 1 unspecified atom stereocenters. The largest absolute Gasteiger partial charge is 0.462 e. The van der Waals surface area contributed by atoms with Crippen LogP contribution in [-0.4, -0.2) is 39.5 Å². The Morgan fingerprint density at radius 2 is 2.12 bits per heavy atom. The lowest BCUT2D eigenvalue weighted by atomic mass is 10.4. The second-order valence-corrected chi connectivity index (χ2v) is 3.63. The lowest BCUT2D eigenvalue weighted by Crippen LogP contribution is -2.21. The summed E-state index contributed by atoms with van der Waals surface area (Å²) in [7, 11) is -3.30. The van der Waals surface area contributed by atoms with Crippen LogP contribution in [0.4, 0.5) is 0 Å². The predicted octanol–water partition coefficient (Wildman–Crippen LogP) is -0.506. The number of esters is 1. The van der Waals surface area contributed by atoms with Crippen molar-refractivity contribution in [2.45, 2.75) is 12.7 Å². The van der Waals surface area contributed by atoms with Crippen molar-refractivity contribution in [1.82, 2.24) is 6.15 Å². The summed E-state index contributed by atoms with van der Waals surface area (Å²) in [5.41, 5.74) is 0. The zero-order valence-corrected chi connectivity index (χ0v) is 9.60. The molecule has 0 fully saturated rings. The van der Waals surface area contributed by atoms with E-state index >= 15 is 0 Å². The number of aliphatic hydroxyl groups excluding tert-OH is 1. The van der Waals surface area contributed by atoms with E-state index in [1.54, 1.807) is 0 Å². The maximum absolute atomic E-state index is 10.6. The summed E-state index contributed by atoms with van der Waals surface area (Å²) in [4.78, 5) is 10.5. The Morgan fingerprint density at radius 1 is 1.56 bits per heavy atom. The maximum Gasteiger partial charge on any atom is 0.402 e. The van der Waals surface area contributed by atoms with Crippen LogP contribution in [0, 0.1) is 0 Å². The SMILES string of the molecule is C=CC(=O)OCCC(O)OS(=O)(=O)OC.N. The quantitative estimate of drug-likeness (QED) is 0.354. The zero-order chi connectivity index (χ0) is 11.9. The number of carbonyl (C=O) groups is 1. The highest BCUT2D eigenvalue weighted by Crippen LogP contribution is 2.02. The molecule has 0 radical (unpaired) electrons. The monoisotopic (exact) mass is 257 g/mol. The Hall–Kier alpha value is -1.00. The molecule has 0 saturated heterocycles. The molecule has 0 heterocycles. The Labute approximate surface area is 93.7 Å². The van der Waals surface area contributed by atoms with Gasteiger partial charge in [-0.25, -0.2) is 8.98 Å². The molecule has 0 aromatic carbocycles. The lowest BCUT2D eigenvalue weighted by molar-refractivity contribution is -0.139. The highest BCUT2D eigenvalue weighted by atomic mass is 32.3. The lowest BCUT2D eigenvalue weighted by Gasteiger charge is -2.09. The average molecular weight is 257 g/mol. The summed E-state index contributed by atoms with van der Waals surface area (Å²) in [6.07, 6.45) is -0.867. The summed E-state index contributed by atoms with van der Waals surface area (Å²) in [6.45, 7) is 2.96. The third-order valence-corrected chi connectivity index (χ3v) is 2.07. The van der Waals surface area contributed by atoms with E-state index in [4.69, 9.17) is 5.11 Å². The van der Waals surface area contributed by atoms with Gasteiger partial charge in [0.15, 0.2) is 6.29 Å². The molecule has 0 aliphatic rings. The molecule has 1 atom stereocenters. The van der Waals surface area contributed by atoms with Crippen LogP contribution in [0.5, 0.6) is 0 Å². The van der Waals surface area contributed by atoms with E-state index in [1.165, 1.54) is 0 Å². The van der Waals surface area contributed by atoms with E-state index in [9.17, 15) is 13.2 Å². The number of rotatable bonds is 7. The first kappa shape index (κ1) is 17.4. The van der Waals surface area contributed by atoms with Crippen molar-refractivity contribution in [1.29, 1.82) is 0 Å². The van der Waals surface area contributed by atoms with Crippen LogP contribution in [0.1, 0.15) is 6.42 Å². The van der Waals surface area contributed by atoms with Gasteiger partial charge in [0.25, 0.3) is 0 Å². The molecule has 0 bridgehead atoms. The van der Waals surface area contributed by atoms with Crippen LogP contribution in [0.25, 0.3) is 0 Å². The average Bonchev–Trinajstić information content (AvgIpc) is 2.16. The molecule has 0 saturated carbocycles. The molecular weight excluding hydrogens is 242 g/mol. The third-order valence-electron chi connectivity index (χ3n) is 1.21. The summed E-state index contributed by atoms with van der Waals surface area (Å²) >= 11 is 0. The fourth-order valence-electron chi connectivity index (χ4n) is 0.543.